The molecule has 0 heterocycles. The molecule has 0 fully saturated rings. The SMILES string of the molecule is O=[S+](O)(Nc1cccc2ccccc12)c1cc(Cl)cc(Br)c1. The predicted molar refractivity (Wildman–Crippen MR) is 95.7 cm³/mol. The quantitative estimate of drug-likeness (QED) is 0.564. The molecule has 0 spiro atoms. The van der Waals surface area contributed by atoms with Gasteiger partial charge in [0.15, 0.2) is 0 Å². The molecule has 0 aliphatic heterocycles. The normalized spacial score (nSPS) is 13.8. The highest BCUT2D eigenvalue weighted by atomic mass is 79.9. The maximum absolute atomic E-state index is 12.7. The molecule has 3 aromatic carbocycles. The Morgan fingerprint density at radius 1 is 1.05 bits per heavy atom. The molecule has 1 unspecified atom stereocenters. The van der Waals surface area contributed by atoms with E-state index in [4.69, 9.17) is 11.6 Å². The van der Waals surface area contributed by atoms with Crippen LogP contribution >= 0.6 is 27.5 Å². The van der Waals surface area contributed by atoms with Crippen LogP contribution in [0.25, 0.3) is 10.8 Å². The molecule has 0 aliphatic carbocycles. The third-order valence-corrected chi connectivity index (χ3v) is 5.24. The van der Waals surface area contributed by atoms with E-state index in [1.54, 1.807) is 18.2 Å². The van der Waals surface area contributed by atoms with Gasteiger partial charge in [-0.2, -0.15) is 9.27 Å². The molecule has 0 aliphatic rings. The van der Waals surface area contributed by atoms with Gasteiger partial charge in [-0.05, 0) is 21.7 Å². The summed E-state index contributed by atoms with van der Waals surface area (Å²) in [4.78, 5) is 0.222. The van der Waals surface area contributed by atoms with E-state index in [1.807, 2.05) is 36.4 Å². The van der Waals surface area contributed by atoms with E-state index in [1.165, 1.54) is 6.07 Å². The molecule has 3 nitrogen and oxygen atoms in total. The van der Waals surface area contributed by atoms with Crippen molar-refractivity contribution in [2.45, 2.75) is 4.90 Å². The van der Waals surface area contributed by atoms with E-state index in [0.717, 1.165) is 10.8 Å². The van der Waals surface area contributed by atoms with E-state index in [9.17, 15) is 8.76 Å². The predicted octanol–water partition coefficient (Wildman–Crippen LogP) is 5.61. The summed E-state index contributed by atoms with van der Waals surface area (Å²) in [5.41, 5.74) is 0.599. The molecule has 112 valence electrons. The molecular formula is C16H12BrClNO2S+. The van der Waals surface area contributed by atoms with Gasteiger partial charge in [-0.15, -0.1) is 0 Å². The van der Waals surface area contributed by atoms with Crippen LogP contribution in [0.4, 0.5) is 5.69 Å². The van der Waals surface area contributed by atoms with Crippen LogP contribution in [0, 0.1) is 0 Å². The molecule has 0 saturated heterocycles. The third-order valence-electron chi connectivity index (χ3n) is 3.19. The zero-order valence-corrected chi connectivity index (χ0v) is 14.5. The summed E-state index contributed by atoms with van der Waals surface area (Å²) in [5, 5.41) is 2.27. The fourth-order valence-corrected chi connectivity index (χ4v) is 4.45. The highest BCUT2D eigenvalue weighted by molar-refractivity contribution is 9.10. The van der Waals surface area contributed by atoms with E-state index < -0.39 is 10.4 Å². The highest BCUT2D eigenvalue weighted by Crippen LogP contribution is 2.30. The minimum Gasteiger partial charge on any atom is -0.173 e. The third kappa shape index (κ3) is 3.17. The molecule has 0 radical (unpaired) electrons. The minimum absolute atomic E-state index is 0.222. The Hall–Kier alpha value is -1.40. The Morgan fingerprint density at radius 3 is 2.55 bits per heavy atom. The van der Waals surface area contributed by atoms with Crippen molar-refractivity contribution < 1.29 is 8.76 Å². The minimum atomic E-state index is -3.46. The molecular weight excluding hydrogens is 386 g/mol. The van der Waals surface area contributed by atoms with Gasteiger partial charge in [0.25, 0.3) is 0 Å². The summed E-state index contributed by atoms with van der Waals surface area (Å²) in [7, 11) is -3.46. The first-order chi connectivity index (χ1) is 10.5. The summed E-state index contributed by atoms with van der Waals surface area (Å²) >= 11 is 9.24. The van der Waals surface area contributed by atoms with Crippen LogP contribution in [-0.4, -0.2) is 4.55 Å². The van der Waals surface area contributed by atoms with E-state index in [-0.39, 0.29) is 4.90 Å². The second kappa shape index (κ2) is 6.01. The summed E-state index contributed by atoms with van der Waals surface area (Å²) in [5.74, 6) is 0. The smallest absolute Gasteiger partial charge is 0.173 e. The van der Waals surface area contributed by atoms with Crippen molar-refractivity contribution in [1.29, 1.82) is 0 Å². The number of hydrogen-bond donors (Lipinski definition) is 2. The van der Waals surface area contributed by atoms with Gasteiger partial charge in [0.05, 0.1) is 5.69 Å². The average Bonchev–Trinajstić information content (AvgIpc) is 2.46. The monoisotopic (exact) mass is 396 g/mol. The van der Waals surface area contributed by atoms with Crippen molar-refractivity contribution in [3.05, 3.63) is 70.2 Å². The lowest BCUT2D eigenvalue weighted by atomic mass is 10.1. The van der Waals surface area contributed by atoms with E-state index in [0.29, 0.717) is 15.2 Å². The fourth-order valence-electron chi connectivity index (χ4n) is 2.21. The van der Waals surface area contributed by atoms with E-state index in [2.05, 4.69) is 20.7 Å². The van der Waals surface area contributed by atoms with Gasteiger partial charge in [0.1, 0.15) is 0 Å². The van der Waals surface area contributed by atoms with Gasteiger partial charge in [-0.1, -0.05) is 63.9 Å². The van der Waals surface area contributed by atoms with E-state index >= 15 is 0 Å². The Morgan fingerprint density at radius 2 is 1.77 bits per heavy atom. The molecule has 3 rings (SSSR count). The first-order valence-electron chi connectivity index (χ1n) is 6.44. The lowest BCUT2D eigenvalue weighted by Gasteiger charge is -2.10. The van der Waals surface area contributed by atoms with Crippen molar-refractivity contribution in [2.75, 3.05) is 4.72 Å². The van der Waals surface area contributed by atoms with Crippen LogP contribution in [0.15, 0.2) is 70.0 Å². The lowest BCUT2D eigenvalue weighted by molar-refractivity contribution is 0.503. The van der Waals surface area contributed by atoms with Gasteiger partial charge in [0, 0.05) is 27.0 Å². The van der Waals surface area contributed by atoms with Crippen LogP contribution in [0.2, 0.25) is 5.02 Å². The van der Waals surface area contributed by atoms with Gasteiger partial charge in [-0.25, -0.2) is 0 Å². The Labute approximate surface area is 142 Å². The van der Waals surface area contributed by atoms with Crippen molar-refractivity contribution in [3.8, 4) is 0 Å². The number of nitrogens with one attached hydrogen (secondary N) is 1. The maximum Gasteiger partial charge on any atom is 0.346 e. The largest absolute Gasteiger partial charge is 0.346 e. The topological polar surface area (TPSA) is 49.3 Å². The van der Waals surface area contributed by atoms with Crippen LogP contribution < -0.4 is 4.72 Å². The summed E-state index contributed by atoms with van der Waals surface area (Å²) < 4.78 is 26.4. The van der Waals surface area contributed by atoms with Gasteiger partial charge in [-0.3, -0.25) is 0 Å². The molecule has 0 amide bonds. The molecule has 1 atom stereocenters. The van der Waals surface area contributed by atoms with Crippen LogP contribution in [0.1, 0.15) is 0 Å². The molecule has 0 aromatic heterocycles. The zero-order chi connectivity index (χ0) is 15.7. The number of rotatable bonds is 3. The number of benzene rings is 3. The van der Waals surface area contributed by atoms with Gasteiger partial charge >= 0.3 is 10.4 Å². The maximum atomic E-state index is 12.7. The van der Waals surface area contributed by atoms with Gasteiger partial charge < -0.3 is 0 Å². The lowest BCUT2D eigenvalue weighted by Crippen LogP contribution is -2.20. The molecule has 0 bridgehead atoms. The number of hydrogen-bond acceptors (Lipinski definition) is 1. The van der Waals surface area contributed by atoms with Crippen molar-refractivity contribution in [1.82, 2.24) is 0 Å². The van der Waals surface area contributed by atoms with Crippen molar-refractivity contribution in [2.24, 2.45) is 0 Å². The fraction of sp³-hybridized carbons (Fsp3) is 0. The summed E-state index contributed by atoms with van der Waals surface area (Å²) in [6.45, 7) is 0. The van der Waals surface area contributed by atoms with Crippen molar-refractivity contribution in [3.63, 3.8) is 0 Å². The molecule has 2 N–H and O–H groups in total. The standard InChI is InChI=1S/C16H11BrClNO2S/c17-12-8-13(18)10-14(9-12)22(20,21)19-16-7-3-5-11-4-1-2-6-15(11)16/h1-10H,(H-,19,20,21)/p+1. The molecule has 3 aromatic rings. The first kappa shape index (κ1) is 15.5. The Kier molecular flexibility index (Phi) is 4.23. The second-order valence-corrected chi connectivity index (χ2v) is 7.84. The first-order valence-corrected chi connectivity index (χ1v) is 9.12. The Bertz CT molecular complexity index is 875. The van der Waals surface area contributed by atoms with Crippen LogP contribution in [0.3, 0.4) is 0 Å². The summed E-state index contributed by atoms with van der Waals surface area (Å²) in [6, 6.07) is 18.0. The number of halogens is 2. The zero-order valence-electron chi connectivity index (χ0n) is 11.3. The number of fused-ring (bicyclic) bond motifs is 1. The second-order valence-electron chi connectivity index (χ2n) is 4.76. The average molecular weight is 398 g/mol. The summed E-state index contributed by atoms with van der Waals surface area (Å²) in [6.07, 6.45) is 0. The number of anilines is 1. The Balaban J connectivity index is 2.05. The highest BCUT2D eigenvalue weighted by Gasteiger charge is 2.30. The van der Waals surface area contributed by atoms with Gasteiger partial charge in [0.2, 0.25) is 4.90 Å². The molecule has 22 heavy (non-hydrogen) atoms. The van der Waals surface area contributed by atoms with Crippen molar-refractivity contribution >= 4 is 54.4 Å². The molecule has 6 heteroatoms. The van der Waals surface area contributed by atoms with Crippen LogP contribution in [-0.2, 0) is 14.6 Å². The van der Waals surface area contributed by atoms with Crippen LogP contribution in [0.5, 0.6) is 0 Å². The molecule has 0 saturated carbocycles.